The van der Waals surface area contributed by atoms with Crippen LogP contribution in [-0.2, 0) is 10.2 Å². The van der Waals surface area contributed by atoms with Crippen molar-refractivity contribution in [2.45, 2.75) is 32.6 Å². The lowest BCUT2D eigenvalue weighted by Gasteiger charge is -2.23. The zero-order chi connectivity index (χ0) is 13.4. The molecule has 102 valence electrons. The van der Waals surface area contributed by atoms with E-state index < -0.39 is 0 Å². The van der Waals surface area contributed by atoms with E-state index in [0.29, 0.717) is 25.7 Å². The zero-order valence-corrected chi connectivity index (χ0v) is 12.3. The van der Waals surface area contributed by atoms with Gasteiger partial charge in [0, 0.05) is 5.88 Å². The van der Waals surface area contributed by atoms with Crippen LogP contribution in [0, 0.1) is 0 Å². The average molecular weight is 271 g/mol. The molecular weight excluding hydrogens is 248 g/mol. The minimum absolute atomic E-state index is 0.224. The summed E-state index contributed by atoms with van der Waals surface area (Å²) in [6.07, 6.45) is 1.12. The maximum atomic E-state index is 5.59. The van der Waals surface area contributed by atoms with Crippen molar-refractivity contribution >= 4 is 11.6 Å². The molecule has 0 fully saturated rings. The van der Waals surface area contributed by atoms with E-state index in [1.54, 1.807) is 0 Å². The van der Waals surface area contributed by atoms with Gasteiger partial charge in [0.15, 0.2) is 0 Å². The second-order valence-electron chi connectivity index (χ2n) is 4.91. The number of rotatable bonds is 8. The first kappa shape index (κ1) is 15.3. The fourth-order valence-corrected chi connectivity index (χ4v) is 1.69. The molecule has 0 aliphatic heterocycles. The maximum absolute atomic E-state index is 5.59. The number of benzene rings is 1. The molecule has 0 spiro atoms. The number of hydrogen-bond donors (Lipinski definition) is 0. The Hall–Kier alpha value is -0.730. The Labute approximate surface area is 115 Å². The smallest absolute Gasteiger partial charge is 0.119 e. The van der Waals surface area contributed by atoms with E-state index in [9.17, 15) is 0 Å². The average Bonchev–Trinajstić information content (AvgIpc) is 2.39. The molecule has 0 heterocycles. The van der Waals surface area contributed by atoms with E-state index in [2.05, 4.69) is 32.9 Å². The summed E-state index contributed by atoms with van der Waals surface area (Å²) < 4.78 is 10.8. The first-order valence-electron chi connectivity index (χ1n) is 6.47. The lowest BCUT2D eigenvalue weighted by atomic mass is 9.82. The molecule has 0 aromatic heterocycles. The van der Waals surface area contributed by atoms with Crippen LogP contribution in [0.3, 0.4) is 0 Å². The van der Waals surface area contributed by atoms with Crippen molar-refractivity contribution in [2.75, 3.05) is 25.7 Å². The van der Waals surface area contributed by atoms with Crippen molar-refractivity contribution in [3.63, 3.8) is 0 Å². The number of alkyl halides is 1. The fraction of sp³-hybridized carbons (Fsp3) is 0.600. The third-order valence-electron chi connectivity index (χ3n) is 3.24. The molecule has 0 saturated heterocycles. The van der Waals surface area contributed by atoms with Crippen molar-refractivity contribution in [3.8, 4) is 5.75 Å². The highest BCUT2D eigenvalue weighted by Gasteiger charge is 2.17. The summed E-state index contributed by atoms with van der Waals surface area (Å²) in [4.78, 5) is 0. The largest absolute Gasteiger partial charge is 0.491 e. The summed E-state index contributed by atoms with van der Waals surface area (Å²) in [6, 6.07) is 8.32. The third-order valence-corrected chi connectivity index (χ3v) is 3.39. The predicted molar refractivity (Wildman–Crippen MR) is 76.8 cm³/mol. The summed E-state index contributed by atoms with van der Waals surface area (Å²) in [5.74, 6) is 1.42. The van der Waals surface area contributed by atoms with Crippen molar-refractivity contribution in [1.29, 1.82) is 0 Å². The molecule has 1 rings (SSSR count). The van der Waals surface area contributed by atoms with Gasteiger partial charge in [-0.1, -0.05) is 32.9 Å². The summed E-state index contributed by atoms with van der Waals surface area (Å²) in [5, 5.41) is 0. The normalized spacial score (nSPS) is 11.6. The van der Waals surface area contributed by atoms with E-state index in [1.807, 2.05) is 12.1 Å². The summed E-state index contributed by atoms with van der Waals surface area (Å²) in [5.41, 5.74) is 1.57. The lowest BCUT2D eigenvalue weighted by Crippen LogP contribution is -2.15. The zero-order valence-electron chi connectivity index (χ0n) is 11.5. The van der Waals surface area contributed by atoms with Gasteiger partial charge in [0.1, 0.15) is 12.4 Å². The molecule has 0 bridgehead atoms. The second kappa shape index (κ2) is 7.65. The van der Waals surface area contributed by atoms with Crippen molar-refractivity contribution < 1.29 is 9.47 Å². The van der Waals surface area contributed by atoms with Crippen LogP contribution in [0.4, 0.5) is 0 Å². The van der Waals surface area contributed by atoms with Gasteiger partial charge in [-0.3, -0.25) is 0 Å². The van der Waals surface area contributed by atoms with Crippen LogP contribution in [-0.4, -0.2) is 25.7 Å². The quantitative estimate of drug-likeness (QED) is 0.525. The van der Waals surface area contributed by atoms with Gasteiger partial charge in [0.2, 0.25) is 0 Å². The van der Waals surface area contributed by atoms with E-state index >= 15 is 0 Å². The molecule has 2 nitrogen and oxygen atoms in total. The van der Waals surface area contributed by atoms with E-state index in [1.165, 1.54) is 5.56 Å². The summed E-state index contributed by atoms with van der Waals surface area (Å²) in [6.45, 7) is 8.43. The van der Waals surface area contributed by atoms with Gasteiger partial charge >= 0.3 is 0 Å². The Morgan fingerprint density at radius 3 is 2.28 bits per heavy atom. The number of hydrogen-bond acceptors (Lipinski definition) is 2. The van der Waals surface area contributed by atoms with Crippen LogP contribution in [0.15, 0.2) is 24.3 Å². The first-order valence-corrected chi connectivity index (χ1v) is 7.00. The lowest BCUT2D eigenvalue weighted by molar-refractivity contribution is 0.111. The second-order valence-corrected chi connectivity index (χ2v) is 5.29. The Morgan fingerprint density at radius 1 is 1.06 bits per heavy atom. The Bertz CT molecular complexity index is 333. The van der Waals surface area contributed by atoms with Crippen LogP contribution >= 0.6 is 11.6 Å². The first-order chi connectivity index (χ1) is 8.60. The third kappa shape index (κ3) is 4.87. The molecule has 0 amide bonds. The molecule has 0 atom stereocenters. The highest BCUT2D eigenvalue weighted by Crippen LogP contribution is 2.27. The summed E-state index contributed by atoms with van der Waals surface area (Å²) >= 11 is 5.51. The van der Waals surface area contributed by atoms with Crippen molar-refractivity contribution in [3.05, 3.63) is 29.8 Å². The van der Waals surface area contributed by atoms with Crippen LogP contribution in [0.2, 0.25) is 0 Å². The van der Waals surface area contributed by atoms with Crippen molar-refractivity contribution in [1.82, 2.24) is 0 Å². The minimum Gasteiger partial charge on any atom is -0.491 e. The highest BCUT2D eigenvalue weighted by atomic mass is 35.5. The van der Waals surface area contributed by atoms with Gasteiger partial charge in [-0.25, -0.2) is 0 Å². The molecule has 0 aliphatic rings. The molecule has 0 saturated carbocycles. The van der Waals surface area contributed by atoms with Crippen molar-refractivity contribution in [2.24, 2.45) is 0 Å². The summed E-state index contributed by atoms with van der Waals surface area (Å²) in [7, 11) is 0. The van der Waals surface area contributed by atoms with Gasteiger partial charge in [0.05, 0.1) is 13.2 Å². The molecule has 0 N–H and O–H groups in total. The van der Waals surface area contributed by atoms with Gasteiger partial charge < -0.3 is 9.47 Å². The van der Waals surface area contributed by atoms with Crippen LogP contribution in [0.1, 0.15) is 32.8 Å². The predicted octanol–water partition coefficient (Wildman–Crippen LogP) is 4.01. The highest BCUT2D eigenvalue weighted by molar-refractivity contribution is 6.17. The Kier molecular flexibility index (Phi) is 6.51. The van der Waals surface area contributed by atoms with Gasteiger partial charge in [0.25, 0.3) is 0 Å². The van der Waals surface area contributed by atoms with Gasteiger partial charge in [-0.2, -0.15) is 0 Å². The topological polar surface area (TPSA) is 18.5 Å². The van der Waals surface area contributed by atoms with Gasteiger partial charge in [-0.05, 0) is 29.5 Å². The molecule has 1 aromatic carbocycles. The molecule has 0 radical (unpaired) electrons. The van der Waals surface area contributed by atoms with Gasteiger partial charge in [-0.15, -0.1) is 11.6 Å². The fourth-order valence-electron chi connectivity index (χ4n) is 1.58. The molecule has 0 aliphatic carbocycles. The maximum Gasteiger partial charge on any atom is 0.119 e. The van der Waals surface area contributed by atoms with E-state index in [4.69, 9.17) is 21.1 Å². The Morgan fingerprint density at radius 2 is 1.72 bits per heavy atom. The van der Waals surface area contributed by atoms with Crippen LogP contribution in [0.25, 0.3) is 0 Å². The monoisotopic (exact) mass is 270 g/mol. The van der Waals surface area contributed by atoms with Crippen LogP contribution in [0.5, 0.6) is 5.75 Å². The molecular formula is C15H23ClO2. The number of ether oxygens (including phenoxy) is 2. The molecule has 0 unspecified atom stereocenters. The molecule has 18 heavy (non-hydrogen) atoms. The standard InChI is InChI=1S/C15H23ClO2/c1-4-15(2,3)13-5-7-14(8-6-13)18-12-11-17-10-9-16/h5-8H,4,9-12H2,1-3H3. The van der Waals surface area contributed by atoms with E-state index in [-0.39, 0.29) is 5.41 Å². The minimum atomic E-state index is 0.224. The number of halogens is 1. The van der Waals surface area contributed by atoms with Crippen LogP contribution < -0.4 is 4.74 Å². The Balaban J connectivity index is 2.41. The molecule has 3 heteroatoms. The van der Waals surface area contributed by atoms with E-state index in [0.717, 1.165) is 12.2 Å². The SMILES string of the molecule is CCC(C)(C)c1ccc(OCCOCCCl)cc1. The molecule has 1 aromatic rings.